The molecule has 16 nitrogen and oxygen atoms in total. The molecule has 3 rings (SSSR count). The lowest BCUT2D eigenvalue weighted by Gasteiger charge is -2.19. The quantitative estimate of drug-likeness (QED) is 0.0756. The molecule has 41 heavy (non-hydrogen) atoms. The van der Waals surface area contributed by atoms with E-state index in [0.29, 0.717) is 23.4 Å². The number of carbonyl (C=O) groups is 4. The number of aliphatic hydroxyl groups is 3. The fourth-order valence-corrected chi connectivity index (χ4v) is 4.15. The van der Waals surface area contributed by atoms with Gasteiger partial charge in [-0.15, -0.1) is 11.3 Å². The lowest BCUT2D eigenvalue weighted by Crippen LogP contribution is -2.51. The van der Waals surface area contributed by atoms with Gasteiger partial charge in [0.25, 0.3) is 17.7 Å². The summed E-state index contributed by atoms with van der Waals surface area (Å²) in [5.74, 6) is -3.32. The van der Waals surface area contributed by atoms with E-state index in [4.69, 9.17) is 36.9 Å². The summed E-state index contributed by atoms with van der Waals surface area (Å²) in [6.45, 7) is 0.0570. The maximum atomic E-state index is 12.4. The molecule has 0 unspecified atom stereocenters. The summed E-state index contributed by atoms with van der Waals surface area (Å²) in [5, 5.41) is 42.7. The number of carbonyl (C=O) groups excluding carboxylic acids is 4. The maximum absolute atomic E-state index is 12.4. The summed E-state index contributed by atoms with van der Waals surface area (Å²) >= 11 is 1.03. The summed E-state index contributed by atoms with van der Waals surface area (Å²) in [7, 11) is 1.35. The average Bonchev–Trinajstić information content (AvgIpc) is 3.63. The molecule has 1 aromatic heterocycles. The lowest BCUT2D eigenvalue weighted by atomic mass is 10.1. The third kappa shape index (κ3) is 8.90. The highest BCUT2D eigenvalue weighted by Gasteiger charge is 2.30. The summed E-state index contributed by atoms with van der Waals surface area (Å²) in [6, 6.07) is 4.74. The average molecular weight is 589 g/mol. The summed E-state index contributed by atoms with van der Waals surface area (Å²) < 4.78 is 5.54. The highest BCUT2D eigenvalue weighted by atomic mass is 32.1. The largest absolute Gasteiger partial charge is 0.494 e. The van der Waals surface area contributed by atoms with Gasteiger partial charge in [0.05, 0.1) is 30.3 Å². The molecule has 17 heteroatoms. The Morgan fingerprint density at radius 3 is 2.56 bits per heavy atom. The molecule has 1 fully saturated rings. The smallest absolute Gasteiger partial charge is 0.369 e. The fraction of sp³-hybridized carbons (Fsp3) is 0.292. The summed E-state index contributed by atoms with van der Waals surface area (Å²) in [4.78, 5) is 56.0. The van der Waals surface area contributed by atoms with Gasteiger partial charge in [-0.3, -0.25) is 29.9 Å². The number of para-hydroxylation sites is 1. The molecule has 11 N–H and O–H groups in total. The minimum absolute atomic E-state index is 0.0261. The molecule has 1 aliphatic carbocycles. The van der Waals surface area contributed by atoms with Crippen LogP contribution in [-0.4, -0.2) is 75.2 Å². The van der Waals surface area contributed by atoms with E-state index in [2.05, 4.69) is 20.6 Å². The third-order valence-corrected chi connectivity index (χ3v) is 6.37. The summed E-state index contributed by atoms with van der Waals surface area (Å²) in [5.41, 5.74) is 10.3. The van der Waals surface area contributed by atoms with Crippen molar-refractivity contribution >= 4 is 52.2 Å². The molecule has 2 aromatic rings. The van der Waals surface area contributed by atoms with Gasteiger partial charge in [0.15, 0.2) is 5.75 Å². The molecule has 0 radical (unpaired) electrons. The number of nitrogens with zero attached hydrogens (tertiary/aromatic N) is 2. The number of rotatable bonds is 13. The first-order chi connectivity index (χ1) is 19.3. The van der Waals surface area contributed by atoms with E-state index < -0.39 is 35.4 Å². The number of primary amides is 1. The van der Waals surface area contributed by atoms with Gasteiger partial charge in [-0.1, -0.05) is 6.07 Å². The van der Waals surface area contributed by atoms with E-state index in [-0.39, 0.29) is 46.7 Å². The molecular formula is C24H28N8O8S. The van der Waals surface area contributed by atoms with Crippen LogP contribution >= 0.6 is 11.3 Å². The molecule has 1 heterocycles. The molecule has 0 spiro atoms. The number of nitrogens with two attached hydrogens (primary N) is 2. The van der Waals surface area contributed by atoms with E-state index >= 15 is 0 Å². The van der Waals surface area contributed by atoms with Crippen LogP contribution in [0.2, 0.25) is 0 Å². The number of ether oxygens (including phenoxy) is 1. The number of hydrogen-bond donors (Lipinski definition) is 9. The number of benzene rings is 1. The second-order valence-corrected chi connectivity index (χ2v) is 9.72. The van der Waals surface area contributed by atoms with Crippen LogP contribution < -0.4 is 32.2 Å². The van der Waals surface area contributed by atoms with Gasteiger partial charge in [0.1, 0.15) is 21.4 Å². The van der Waals surface area contributed by atoms with Crippen LogP contribution in [0.5, 0.6) is 5.75 Å². The zero-order chi connectivity index (χ0) is 30.3. The molecular weight excluding hydrogens is 560 g/mol. The van der Waals surface area contributed by atoms with Gasteiger partial charge in [-0.2, -0.15) is 4.99 Å². The van der Waals surface area contributed by atoms with Crippen molar-refractivity contribution in [3.8, 4) is 16.3 Å². The van der Waals surface area contributed by atoms with Gasteiger partial charge in [-0.25, -0.2) is 4.98 Å². The predicted octanol–water partition coefficient (Wildman–Crippen LogP) is -1.26. The van der Waals surface area contributed by atoms with Crippen molar-refractivity contribution < 1.29 is 39.2 Å². The van der Waals surface area contributed by atoms with Crippen LogP contribution in [0.4, 0.5) is 5.69 Å². The van der Waals surface area contributed by atoms with Crippen LogP contribution in [-0.2, 0) is 14.4 Å². The number of amidine groups is 1. The second kappa shape index (κ2) is 13.1. The number of anilines is 1. The van der Waals surface area contributed by atoms with Gasteiger partial charge in [-0.05, 0) is 25.0 Å². The van der Waals surface area contributed by atoms with Crippen LogP contribution in [0.3, 0.4) is 0 Å². The monoisotopic (exact) mass is 588 g/mol. The number of thiazole rings is 1. The Labute approximate surface area is 236 Å². The molecule has 0 bridgehead atoms. The second-order valence-electron chi connectivity index (χ2n) is 8.68. The lowest BCUT2D eigenvalue weighted by molar-refractivity contribution is -0.325. The predicted molar refractivity (Wildman–Crippen MR) is 147 cm³/mol. The minimum Gasteiger partial charge on any atom is -0.494 e. The van der Waals surface area contributed by atoms with E-state index in [0.717, 1.165) is 17.4 Å². The Hall–Kier alpha value is -4.71. The number of hydrogen-bond acceptors (Lipinski definition) is 12. The molecule has 1 aliphatic rings. The molecule has 0 saturated heterocycles. The Morgan fingerprint density at radius 2 is 1.95 bits per heavy atom. The van der Waals surface area contributed by atoms with Crippen molar-refractivity contribution in [1.29, 1.82) is 5.41 Å². The van der Waals surface area contributed by atoms with Crippen molar-refractivity contribution in [1.82, 2.24) is 15.6 Å². The Kier molecular flexibility index (Phi) is 9.85. The first kappa shape index (κ1) is 30.8. The van der Waals surface area contributed by atoms with Gasteiger partial charge in [0.2, 0.25) is 5.91 Å². The van der Waals surface area contributed by atoms with Gasteiger partial charge in [0, 0.05) is 25.0 Å². The summed E-state index contributed by atoms with van der Waals surface area (Å²) in [6.07, 6.45) is 0.0605. The first-order valence-electron chi connectivity index (χ1n) is 11.9. The molecule has 0 atom stereocenters. The highest BCUT2D eigenvalue weighted by molar-refractivity contribution is 7.17. The third-order valence-electron chi connectivity index (χ3n) is 5.34. The van der Waals surface area contributed by atoms with Crippen molar-refractivity contribution in [2.45, 2.75) is 25.4 Å². The number of methoxy groups -OCH3 is 1. The molecule has 4 amide bonds. The normalized spacial score (nSPS) is 13.8. The van der Waals surface area contributed by atoms with Crippen molar-refractivity contribution in [2.75, 3.05) is 19.0 Å². The first-order valence-corrected chi connectivity index (χ1v) is 12.8. The van der Waals surface area contributed by atoms with Gasteiger partial charge < -0.3 is 42.2 Å². The Morgan fingerprint density at radius 1 is 1.24 bits per heavy atom. The standard InChI is InChI=1S/C24H28N8O8S/c1-40-19-12(23-29-10-15(41-23)21(35)28-8-7-17(26)33)3-2-4-13(19)30-14(18(27)22(36)32-24(37,38)39)9-16(25)31-20(34)11-5-6-11/h2-4,9-11,27,30,37-39H,5-8H2,1H3,(H2,26,33)(H,28,35)(H,32,36)(H2,25,31,34)/b14-9+,27-18?. The van der Waals surface area contributed by atoms with Crippen LogP contribution in [0.15, 0.2) is 41.2 Å². The number of nitrogens with one attached hydrogen (secondary N) is 4. The highest BCUT2D eigenvalue weighted by Crippen LogP contribution is 2.39. The van der Waals surface area contributed by atoms with E-state index in [1.54, 1.807) is 12.1 Å². The van der Waals surface area contributed by atoms with E-state index in [1.807, 2.05) is 0 Å². The van der Waals surface area contributed by atoms with Crippen molar-refractivity contribution in [2.24, 2.45) is 22.4 Å². The fourth-order valence-electron chi connectivity index (χ4n) is 3.30. The number of amides is 4. The minimum atomic E-state index is -3.61. The molecule has 0 aliphatic heterocycles. The Bertz CT molecular complexity index is 1420. The zero-order valence-corrected chi connectivity index (χ0v) is 22.4. The number of aliphatic imine (C=N–C) groups is 1. The number of aromatic nitrogens is 1. The maximum Gasteiger partial charge on any atom is 0.369 e. The molecule has 1 aromatic carbocycles. The van der Waals surface area contributed by atoms with Crippen LogP contribution in [0, 0.1) is 11.3 Å². The molecule has 1 saturated carbocycles. The Balaban J connectivity index is 1.93. The topological polar surface area (TPSA) is 275 Å². The van der Waals surface area contributed by atoms with E-state index in [9.17, 15) is 19.2 Å². The van der Waals surface area contributed by atoms with E-state index in [1.165, 1.54) is 24.7 Å². The van der Waals surface area contributed by atoms with Gasteiger partial charge >= 0.3 is 6.10 Å². The van der Waals surface area contributed by atoms with Crippen LogP contribution in [0.25, 0.3) is 10.6 Å². The molecule has 218 valence electrons. The van der Waals surface area contributed by atoms with Crippen LogP contribution in [0.1, 0.15) is 28.9 Å². The van der Waals surface area contributed by atoms with Crippen molar-refractivity contribution in [3.63, 3.8) is 0 Å². The SMILES string of the molecule is COc1c(N/C(=C/C(N)=NC(=O)C2CC2)C(=N)C(=O)NC(O)(O)O)cccc1-c1ncc(C(=O)NCCC(N)=O)s1. The zero-order valence-electron chi connectivity index (χ0n) is 21.6. The van der Waals surface area contributed by atoms with Crippen molar-refractivity contribution in [3.05, 3.63) is 41.0 Å².